The number of halogens is 2. The van der Waals surface area contributed by atoms with E-state index in [2.05, 4.69) is 5.10 Å². The fourth-order valence-corrected chi connectivity index (χ4v) is 4.55. The van der Waals surface area contributed by atoms with Crippen LogP contribution >= 0.6 is 23.2 Å². The van der Waals surface area contributed by atoms with Gasteiger partial charge < -0.3 is 4.74 Å². The maximum atomic E-state index is 13.5. The predicted molar refractivity (Wildman–Crippen MR) is 149 cm³/mol. The Morgan fingerprint density at radius 1 is 0.895 bits per heavy atom. The third kappa shape index (κ3) is 5.29. The normalized spacial score (nSPS) is 14.1. The van der Waals surface area contributed by atoms with E-state index in [1.807, 2.05) is 60.7 Å². The fraction of sp³-hybridized carbons (Fsp3) is 0.0345. The first kappa shape index (κ1) is 25.2. The highest BCUT2D eigenvalue weighted by molar-refractivity contribution is 6.39. The summed E-state index contributed by atoms with van der Waals surface area (Å²) in [5, 5.41) is 17.4. The van der Waals surface area contributed by atoms with Crippen LogP contribution in [0.5, 0.6) is 5.75 Å². The van der Waals surface area contributed by atoms with Crippen molar-refractivity contribution in [1.29, 1.82) is 0 Å². The Morgan fingerprint density at radius 3 is 2.11 bits per heavy atom. The molecule has 0 fully saturated rings. The Balaban J connectivity index is 1.44. The van der Waals surface area contributed by atoms with Crippen molar-refractivity contribution in [3.8, 4) is 5.75 Å². The number of ether oxygens (including phenoxy) is 1. The van der Waals surface area contributed by atoms with Crippen molar-refractivity contribution in [2.75, 3.05) is 5.01 Å². The lowest BCUT2D eigenvalue weighted by Gasteiger charge is -2.12. The summed E-state index contributed by atoms with van der Waals surface area (Å²) < 4.78 is 5.81. The molecule has 4 aromatic carbocycles. The van der Waals surface area contributed by atoms with Crippen LogP contribution in [0.15, 0.2) is 108 Å². The number of nitro groups is 1. The Bertz CT molecular complexity index is 1550. The van der Waals surface area contributed by atoms with E-state index in [9.17, 15) is 14.9 Å². The first-order valence-corrected chi connectivity index (χ1v) is 12.3. The summed E-state index contributed by atoms with van der Waals surface area (Å²) in [5.41, 5.74) is 3.69. The van der Waals surface area contributed by atoms with Gasteiger partial charge in [-0.3, -0.25) is 14.9 Å². The average molecular weight is 544 g/mol. The van der Waals surface area contributed by atoms with E-state index in [4.69, 9.17) is 27.9 Å². The first-order chi connectivity index (χ1) is 18.4. The Labute approximate surface area is 228 Å². The number of nitro benzene ring substituents is 1. The second-order valence-electron chi connectivity index (χ2n) is 8.35. The van der Waals surface area contributed by atoms with E-state index in [-0.39, 0.29) is 34.0 Å². The lowest BCUT2D eigenvalue weighted by atomic mass is 10.00. The molecule has 0 bridgehead atoms. The Hall–Kier alpha value is -4.46. The highest BCUT2D eigenvalue weighted by atomic mass is 35.5. The summed E-state index contributed by atoms with van der Waals surface area (Å²) in [7, 11) is 0. The molecule has 0 aliphatic carbocycles. The number of non-ortho nitro benzene ring substituents is 1. The topological polar surface area (TPSA) is 85.0 Å². The quantitative estimate of drug-likeness (QED) is 0.139. The maximum Gasteiger partial charge on any atom is 0.281 e. The number of nitrogens with zero attached hydrogens (tertiary/aromatic N) is 3. The van der Waals surface area contributed by atoms with Gasteiger partial charge in [0, 0.05) is 17.7 Å². The fourth-order valence-electron chi connectivity index (χ4n) is 3.93. The standard InChI is InChI=1S/C29H19Cl2N3O4/c30-25-16-20(17-26(31)28(25)38-18-19-11-13-23(14-12-19)34(36)37)15-24-27(21-7-3-1-4-8-21)32-33(29(24)35)22-9-5-2-6-10-22/h1-17H,18H2/b24-15-. The molecule has 188 valence electrons. The summed E-state index contributed by atoms with van der Waals surface area (Å²) >= 11 is 13.0. The molecule has 0 N–H and O–H groups in total. The molecule has 0 spiro atoms. The van der Waals surface area contributed by atoms with E-state index < -0.39 is 4.92 Å². The van der Waals surface area contributed by atoms with Gasteiger partial charge in [-0.2, -0.15) is 10.1 Å². The molecule has 0 saturated heterocycles. The monoisotopic (exact) mass is 543 g/mol. The van der Waals surface area contributed by atoms with Crippen molar-refractivity contribution in [1.82, 2.24) is 0 Å². The van der Waals surface area contributed by atoms with Crippen molar-refractivity contribution in [2.45, 2.75) is 6.61 Å². The maximum absolute atomic E-state index is 13.5. The number of anilines is 1. The number of hydrogen-bond acceptors (Lipinski definition) is 5. The lowest BCUT2D eigenvalue weighted by Crippen LogP contribution is -2.21. The van der Waals surface area contributed by atoms with Gasteiger partial charge in [-0.15, -0.1) is 0 Å². The predicted octanol–water partition coefficient (Wildman–Crippen LogP) is 7.32. The van der Waals surface area contributed by atoms with Crippen LogP contribution in [0.2, 0.25) is 10.0 Å². The molecule has 9 heteroatoms. The number of amides is 1. The summed E-state index contributed by atoms with van der Waals surface area (Å²) in [6, 6.07) is 28.0. The summed E-state index contributed by atoms with van der Waals surface area (Å²) in [4.78, 5) is 23.9. The largest absolute Gasteiger partial charge is 0.486 e. The van der Waals surface area contributed by atoms with E-state index >= 15 is 0 Å². The first-order valence-electron chi connectivity index (χ1n) is 11.5. The molecule has 0 saturated carbocycles. The number of hydrogen-bond donors (Lipinski definition) is 0. The van der Waals surface area contributed by atoms with E-state index in [1.54, 1.807) is 30.3 Å². The lowest BCUT2D eigenvalue weighted by molar-refractivity contribution is -0.384. The molecule has 5 rings (SSSR count). The number of benzene rings is 4. The molecule has 1 aliphatic rings. The molecule has 0 unspecified atom stereocenters. The second-order valence-corrected chi connectivity index (χ2v) is 9.17. The third-order valence-corrected chi connectivity index (χ3v) is 6.35. The zero-order valence-electron chi connectivity index (χ0n) is 19.8. The number of carbonyl (C=O) groups is 1. The van der Waals surface area contributed by atoms with Crippen molar-refractivity contribution in [3.05, 3.63) is 139 Å². The zero-order valence-corrected chi connectivity index (χ0v) is 21.3. The zero-order chi connectivity index (χ0) is 26.6. The highest BCUT2D eigenvalue weighted by Crippen LogP contribution is 2.36. The highest BCUT2D eigenvalue weighted by Gasteiger charge is 2.32. The number of rotatable bonds is 7. The Kier molecular flexibility index (Phi) is 7.22. The van der Waals surface area contributed by atoms with Crippen LogP contribution in [0, 0.1) is 10.1 Å². The number of hydrazone groups is 1. The van der Waals surface area contributed by atoms with Crippen molar-refractivity contribution < 1.29 is 14.5 Å². The number of carbonyl (C=O) groups excluding carboxylic acids is 1. The molecule has 38 heavy (non-hydrogen) atoms. The molecular weight excluding hydrogens is 525 g/mol. The summed E-state index contributed by atoms with van der Waals surface area (Å²) in [6.45, 7) is 0.118. The molecule has 1 amide bonds. The molecule has 7 nitrogen and oxygen atoms in total. The van der Waals surface area contributed by atoms with Gasteiger partial charge in [0.1, 0.15) is 12.3 Å². The van der Waals surface area contributed by atoms with Gasteiger partial charge in [-0.05, 0) is 53.6 Å². The molecule has 0 atom stereocenters. The van der Waals surface area contributed by atoms with Crippen molar-refractivity contribution >= 4 is 52.3 Å². The van der Waals surface area contributed by atoms with E-state index in [1.165, 1.54) is 17.1 Å². The van der Waals surface area contributed by atoms with Gasteiger partial charge in [0.2, 0.25) is 0 Å². The van der Waals surface area contributed by atoms with E-state index in [0.29, 0.717) is 22.5 Å². The van der Waals surface area contributed by atoms with Gasteiger partial charge in [0.05, 0.1) is 26.2 Å². The van der Waals surface area contributed by atoms with Crippen LogP contribution in [-0.2, 0) is 11.4 Å². The van der Waals surface area contributed by atoms with Gasteiger partial charge in [0.25, 0.3) is 11.6 Å². The van der Waals surface area contributed by atoms with E-state index in [0.717, 1.165) is 11.1 Å². The molecule has 0 radical (unpaired) electrons. The van der Waals surface area contributed by atoms with Crippen LogP contribution in [0.3, 0.4) is 0 Å². The van der Waals surface area contributed by atoms with Gasteiger partial charge in [-0.1, -0.05) is 71.7 Å². The molecule has 0 aromatic heterocycles. The summed E-state index contributed by atoms with van der Waals surface area (Å²) in [5.74, 6) is -0.00441. The van der Waals surface area contributed by atoms with Crippen molar-refractivity contribution in [3.63, 3.8) is 0 Å². The molecule has 4 aromatic rings. The minimum atomic E-state index is -0.465. The van der Waals surface area contributed by atoms with Gasteiger partial charge in [0.15, 0.2) is 5.75 Å². The molecule has 1 heterocycles. The SMILES string of the molecule is O=C1/C(=C\c2cc(Cl)c(OCc3ccc([N+](=O)[O-])cc3)c(Cl)c2)C(c2ccccc2)=NN1c1ccccc1. The third-order valence-electron chi connectivity index (χ3n) is 5.79. The molecule has 1 aliphatic heterocycles. The van der Waals surface area contributed by atoms with Crippen LogP contribution in [0.4, 0.5) is 11.4 Å². The minimum Gasteiger partial charge on any atom is -0.486 e. The van der Waals surface area contributed by atoms with Crippen LogP contribution in [-0.4, -0.2) is 16.5 Å². The van der Waals surface area contributed by atoms with Crippen LogP contribution < -0.4 is 9.75 Å². The number of para-hydroxylation sites is 1. The van der Waals surface area contributed by atoms with Gasteiger partial charge in [-0.25, -0.2) is 0 Å². The van der Waals surface area contributed by atoms with Gasteiger partial charge >= 0.3 is 0 Å². The smallest absolute Gasteiger partial charge is 0.281 e. The molecular formula is C29H19Cl2N3O4. The van der Waals surface area contributed by atoms with Crippen molar-refractivity contribution in [2.24, 2.45) is 5.10 Å². The Morgan fingerprint density at radius 2 is 1.50 bits per heavy atom. The minimum absolute atomic E-state index is 0.00657. The second kappa shape index (κ2) is 10.9. The van der Waals surface area contributed by atoms with Crippen LogP contribution in [0.1, 0.15) is 16.7 Å². The summed E-state index contributed by atoms with van der Waals surface area (Å²) in [6.07, 6.45) is 1.70. The average Bonchev–Trinajstić information content (AvgIpc) is 3.25. The van der Waals surface area contributed by atoms with Crippen LogP contribution in [0.25, 0.3) is 6.08 Å².